The van der Waals surface area contributed by atoms with Gasteiger partial charge in [0.15, 0.2) is 0 Å². The standard InChI is InChI=1S/C14H19Cl2N3O/c1-19-8-5-10(6-9-19)4-7-17-14(20)13-11(15)2-3-12(16)18-13/h2-3,10H,4-9H2,1H3,(H,17,20). The van der Waals surface area contributed by atoms with Crippen LogP contribution < -0.4 is 5.32 Å². The maximum Gasteiger partial charge on any atom is 0.271 e. The van der Waals surface area contributed by atoms with Crippen molar-refractivity contribution < 1.29 is 4.79 Å². The number of carbonyl (C=O) groups excluding carboxylic acids is 1. The summed E-state index contributed by atoms with van der Waals surface area (Å²) in [7, 11) is 2.14. The maximum absolute atomic E-state index is 12.0. The predicted molar refractivity (Wildman–Crippen MR) is 81.4 cm³/mol. The summed E-state index contributed by atoms with van der Waals surface area (Å²) in [5.41, 5.74) is 0.197. The van der Waals surface area contributed by atoms with Gasteiger partial charge >= 0.3 is 0 Å². The number of piperidine rings is 1. The van der Waals surface area contributed by atoms with E-state index in [4.69, 9.17) is 23.2 Å². The van der Waals surface area contributed by atoms with Gasteiger partial charge in [0.1, 0.15) is 10.8 Å². The SMILES string of the molecule is CN1CCC(CCNC(=O)c2nc(Cl)ccc2Cl)CC1. The molecule has 0 atom stereocenters. The quantitative estimate of drug-likeness (QED) is 0.869. The molecule has 0 unspecified atom stereocenters. The van der Waals surface area contributed by atoms with Crippen LogP contribution in [-0.2, 0) is 0 Å². The fourth-order valence-corrected chi connectivity index (χ4v) is 2.74. The fraction of sp³-hybridized carbons (Fsp3) is 0.571. The molecular weight excluding hydrogens is 297 g/mol. The largest absolute Gasteiger partial charge is 0.351 e. The number of amides is 1. The molecule has 1 saturated heterocycles. The van der Waals surface area contributed by atoms with E-state index in [0.717, 1.165) is 19.5 Å². The summed E-state index contributed by atoms with van der Waals surface area (Å²) < 4.78 is 0. The number of aromatic nitrogens is 1. The lowest BCUT2D eigenvalue weighted by molar-refractivity contribution is 0.0944. The monoisotopic (exact) mass is 315 g/mol. The van der Waals surface area contributed by atoms with Crippen LogP contribution in [0.3, 0.4) is 0 Å². The van der Waals surface area contributed by atoms with E-state index < -0.39 is 0 Å². The Balaban J connectivity index is 1.79. The van der Waals surface area contributed by atoms with Crippen LogP contribution in [0.1, 0.15) is 29.8 Å². The number of rotatable bonds is 4. The second-order valence-electron chi connectivity index (χ2n) is 5.26. The molecule has 6 heteroatoms. The molecule has 0 spiro atoms. The molecule has 1 amide bonds. The summed E-state index contributed by atoms with van der Waals surface area (Å²) in [6.45, 7) is 2.93. The molecule has 110 valence electrons. The second-order valence-corrected chi connectivity index (χ2v) is 6.05. The Morgan fingerprint density at radius 1 is 1.40 bits per heavy atom. The lowest BCUT2D eigenvalue weighted by Crippen LogP contribution is -2.33. The van der Waals surface area contributed by atoms with Crippen molar-refractivity contribution in [3.05, 3.63) is 28.0 Å². The third-order valence-electron chi connectivity index (χ3n) is 3.70. The van der Waals surface area contributed by atoms with Gasteiger partial charge in [-0.1, -0.05) is 23.2 Å². The highest BCUT2D eigenvalue weighted by molar-refractivity contribution is 6.34. The number of hydrogen-bond donors (Lipinski definition) is 1. The molecule has 0 aromatic carbocycles. The molecule has 1 fully saturated rings. The van der Waals surface area contributed by atoms with Crippen LogP contribution in [0.5, 0.6) is 0 Å². The van der Waals surface area contributed by atoms with E-state index >= 15 is 0 Å². The molecule has 20 heavy (non-hydrogen) atoms. The van der Waals surface area contributed by atoms with Gasteiger partial charge in [0.05, 0.1) is 5.02 Å². The first-order valence-corrected chi connectivity index (χ1v) is 7.60. The maximum atomic E-state index is 12.0. The Morgan fingerprint density at radius 2 is 2.10 bits per heavy atom. The molecule has 0 radical (unpaired) electrons. The van der Waals surface area contributed by atoms with E-state index in [1.54, 1.807) is 12.1 Å². The Morgan fingerprint density at radius 3 is 2.80 bits per heavy atom. The minimum Gasteiger partial charge on any atom is -0.351 e. The molecule has 0 aliphatic carbocycles. The molecule has 1 aliphatic rings. The summed E-state index contributed by atoms with van der Waals surface area (Å²) in [5.74, 6) is 0.430. The minimum atomic E-state index is -0.259. The van der Waals surface area contributed by atoms with Crippen molar-refractivity contribution in [2.24, 2.45) is 5.92 Å². The van der Waals surface area contributed by atoms with Crippen LogP contribution in [0.15, 0.2) is 12.1 Å². The number of carbonyl (C=O) groups is 1. The van der Waals surface area contributed by atoms with Crippen LogP contribution in [0.25, 0.3) is 0 Å². The Hall–Kier alpha value is -0.840. The van der Waals surface area contributed by atoms with E-state index in [1.165, 1.54) is 12.8 Å². The van der Waals surface area contributed by atoms with Gasteiger partial charge in [0.25, 0.3) is 5.91 Å². The highest BCUT2D eigenvalue weighted by atomic mass is 35.5. The van der Waals surface area contributed by atoms with Gasteiger partial charge in [-0.3, -0.25) is 4.79 Å². The highest BCUT2D eigenvalue weighted by Crippen LogP contribution is 2.19. The van der Waals surface area contributed by atoms with Crippen molar-refractivity contribution >= 4 is 29.1 Å². The Bertz CT molecular complexity index is 473. The van der Waals surface area contributed by atoms with E-state index in [0.29, 0.717) is 17.5 Å². The first-order valence-electron chi connectivity index (χ1n) is 6.85. The van der Waals surface area contributed by atoms with Crippen LogP contribution in [0.2, 0.25) is 10.2 Å². The molecule has 2 heterocycles. The van der Waals surface area contributed by atoms with Gasteiger partial charge in [-0.05, 0) is 57.5 Å². The molecule has 4 nitrogen and oxygen atoms in total. The van der Waals surface area contributed by atoms with E-state index in [-0.39, 0.29) is 16.8 Å². The number of hydrogen-bond acceptors (Lipinski definition) is 3. The molecule has 0 saturated carbocycles. The fourth-order valence-electron chi connectivity index (χ4n) is 2.40. The van der Waals surface area contributed by atoms with E-state index in [2.05, 4.69) is 22.2 Å². The summed E-state index contributed by atoms with van der Waals surface area (Å²) in [5, 5.41) is 3.47. The normalized spacial score (nSPS) is 17.1. The van der Waals surface area contributed by atoms with Crippen molar-refractivity contribution in [3.8, 4) is 0 Å². The molecule has 1 aliphatic heterocycles. The lowest BCUT2D eigenvalue weighted by Gasteiger charge is -2.28. The predicted octanol–water partition coefficient (Wildman–Crippen LogP) is 2.85. The summed E-state index contributed by atoms with van der Waals surface area (Å²) in [6.07, 6.45) is 3.39. The third-order valence-corrected chi connectivity index (χ3v) is 4.22. The van der Waals surface area contributed by atoms with Crippen LogP contribution >= 0.6 is 23.2 Å². The zero-order valence-corrected chi connectivity index (χ0v) is 13.0. The second kappa shape index (κ2) is 7.25. The number of likely N-dealkylation sites (tertiary alicyclic amines) is 1. The molecular formula is C14H19Cl2N3O. The number of pyridine rings is 1. The zero-order chi connectivity index (χ0) is 14.5. The lowest BCUT2D eigenvalue weighted by atomic mass is 9.94. The highest BCUT2D eigenvalue weighted by Gasteiger charge is 2.17. The van der Waals surface area contributed by atoms with Gasteiger partial charge in [0, 0.05) is 6.54 Å². The number of halogens is 2. The van der Waals surface area contributed by atoms with Crippen molar-refractivity contribution in [1.29, 1.82) is 0 Å². The summed E-state index contributed by atoms with van der Waals surface area (Å²) >= 11 is 11.7. The van der Waals surface area contributed by atoms with Crippen LogP contribution in [-0.4, -0.2) is 42.5 Å². The van der Waals surface area contributed by atoms with E-state index in [9.17, 15) is 4.79 Å². The summed E-state index contributed by atoms with van der Waals surface area (Å²) in [4.78, 5) is 18.3. The van der Waals surface area contributed by atoms with Gasteiger partial charge in [0.2, 0.25) is 0 Å². The molecule has 0 bridgehead atoms. The van der Waals surface area contributed by atoms with Crippen molar-refractivity contribution in [3.63, 3.8) is 0 Å². The van der Waals surface area contributed by atoms with Gasteiger partial charge in [-0.15, -0.1) is 0 Å². The van der Waals surface area contributed by atoms with Crippen LogP contribution in [0.4, 0.5) is 0 Å². The molecule has 1 aromatic heterocycles. The van der Waals surface area contributed by atoms with Crippen molar-refractivity contribution in [2.45, 2.75) is 19.3 Å². The van der Waals surface area contributed by atoms with Crippen molar-refractivity contribution in [2.75, 3.05) is 26.7 Å². The number of nitrogens with zero attached hydrogens (tertiary/aromatic N) is 2. The minimum absolute atomic E-state index is 0.197. The van der Waals surface area contributed by atoms with Gasteiger partial charge in [-0.25, -0.2) is 4.98 Å². The molecule has 1 N–H and O–H groups in total. The molecule has 2 rings (SSSR count). The molecule has 1 aromatic rings. The average Bonchev–Trinajstić information content (AvgIpc) is 2.43. The van der Waals surface area contributed by atoms with Crippen LogP contribution in [0, 0.1) is 5.92 Å². The Labute approximate surface area is 129 Å². The third kappa shape index (κ3) is 4.33. The van der Waals surface area contributed by atoms with E-state index in [1.807, 2.05) is 0 Å². The number of nitrogens with one attached hydrogen (secondary N) is 1. The zero-order valence-electron chi connectivity index (χ0n) is 11.5. The summed E-state index contributed by atoms with van der Waals surface area (Å²) in [6, 6.07) is 3.15. The van der Waals surface area contributed by atoms with Crippen molar-refractivity contribution in [1.82, 2.24) is 15.2 Å². The van der Waals surface area contributed by atoms with Gasteiger partial charge < -0.3 is 10.2 Å². The topological polar surface area (TPSA) is 45.2 Å². The first kappa shape index (κ1) is 15.5. The van der Waals surface area contributed by atoms with Gasteiger partial charge in [-0.2, -0.15) is 0 Å². The smallest absolute Gasteiger partial charge is 0.271 e. The average molecular weight is 316 g/mol. The Kier molecular flexibility index (Phi) is 5.64. The first-order chi connectivity index (χ1) is 9.56.